The summed E-state index contributed by atoms with van der Waals surface area (Å²) in [6.07, 6.45) is 0.188. The van der Waals surface area contributed by atoms with Crippen molar-refractivity contribution in [2.45, 2.75) is 90.1 Å². The number of ether oxygens (including phenoxy) is 3. The van der Waals surface area contributed by atoms with E-state index < -0.39 is 43.3 Å². The Bertz CT molecular complexity index is 1800. The number of rotatable bonds is 10. The number of nitrogens with one attached hydrogen (secondary N) is 1. The lowest BCUT2D eigenvalue weighted by Crippen LogP contribution is -2.46. The van der Waals surface area contributed by atoms with E-state index in [0.717, 1.165) is 39.9 Å². The summed E-state index contributed by atoms with van der Waals surface area (Å²) in [7, 11) is -0.551. The Labute approximate surface area is 279 Å². The molecule has 1 aromatic carbocycles. The quantitative estimate of drug-likeness (QED) is 0.138. The van der Waals surface area contributed by atoms with Crippen molar-refractivity contribution in [3.63, 3.8) is 0 Å². The first-order valence-electron chi connectivity index (χ1n) is 15.8. The minimum atomic E-state index is -1.88. The number of amides is 1. The molecule has 1 amide bonds. The Morgan fingerprint density at radius 1 is 1.21 bits per heavy atom. The second-order valence-electron chi connectivity index (χ2n) is 13.9. The topological polar surface area (TPSA) is 146 Å². The van der Waals surface area contributed by atoms with E-state index in [1.165, 1.54) is 7.11 Å². The molecule has 0 unspecified atom stereocenters. The number of fused-ring (bicyclic) bond motifs is 5. The molecule has 252 valence electrons. The van der Waals surface area contributed by atoms with Crippen LogP contribution < -0.4 is 10.9 Å². The molecule has 0 saturated carbocycles. The van der Waals surface area contributed by atoms with Crippen molar-refractivity contribution in [1.82, 2.24) is 14.9 Å². The molecule has 0 fully saturated rings. The smallest absolute Gasteiger partial charge is 0.408 e. The van der Waals surface area contributed by atoms with Crippen molar-refractivity contribution in [3.8, 4) is 11.4 Å². The average Bonchev–Trinajstić information content (AvgIpc) is 3.38. The predicted molar refractivity (Wildman–Crippen MR) is 183 cm³/mol. The van der Waals surface area contributed by atoms with Crippen LogP contribution in [0, 0.1) is 0 Å². The van der Waals surface area contributed by atoms with E-state index in [-0.39, 0.29) is 18.6 Å². The zero-order valence-corrected chi connectivity index (χ0v) is 29.8. The molecule has 2 aliphatic heterocycles. The molecule has 2 aliphatic rings. The lowest BCUT2D eigenvalue weighted by Gasteiger charge is -2.31. The Morgan fingerprint density at radius 3 is 2.62 bits per heavy atom. The molecule has 47 heavy (non-hydrogen) atoms. The Morgan fingerprint density at radius 2 is 1.94 bits per heavy atom. The van der Waals surface area contributed by atoms with E-state index in [0.29, 0.717) is 34.8 Å². The number of benzene rings is 1. The van der Waals surface area contributed by atoms with Crippen molar-refractivity contribution in [3.05, 3.63) is 62.9 Å². The van der Waals surface area contributed by atoms with Gasteiger partial charge >= 0.3 is 18.0 Å². The van der Waals surface area contributed by atoms with Crippen LogP contribution in [0.25, 0.3) is 22.3 Å². The average molecular weight is 682 g/mol. The van der Waals surface area contributed by atoms with Gasteiger partial charge < -0.3 is 29.2 Å². The van der Waals surface area contributed by atoms with E-state index in [2.05, 4.69) is 24.5 Å². The number of carbonyl (C=O) groups excluding carboxylic acids is 3. The first-order chi connectivity index (χ1) is 22.1. The molecule has 3 aromatic rings. The molecule has 0 spiro atoms. The van der Waals surface area contributed by atoms with Crippen LogP contribution >= 0.6 is 11.8 Å². The number of aliphatic hydroxyl groups is 1. The molecule has 11 nitrogen and oxygen atoms in total. The standard InChI is InChI=1S/C34H43N3O8SSi/c1-8-34(42)24-15-27-28-22(16-37(27)29(38)23(24)17-44-31(34)40)20(21-11-9-10-12-25(21)35-28)13-14-47(6,7)19-46-18-26(30(39)43-5)36-32(41)45-33(2,3)4/h9-12,15,26,42H,8,13-14,16-19H2,1-7H3,(H,36,41)/t26-,34-/m0/s1. The first-order valence-corrected chi connectivity index (χ1v) is 20.4. The van der Waals surface area contributed by atoms with Crippen LogP contribution in [-0.4, -0.2) is 70.6 Å². The highest BCUT2D eigenvalue weighted by molar-refractivity contribution is 8.01. The van der Waals surface area contributed by atoms with E-state index in [1.807, 2.05) is 18.2 Å². The van der Waals surface area contributed by atoms with E-state index >= 15 is 0 Å². The highest BCUT2D eigenvalue weighted by Gasteiger charge is 2.45. The Hall–Kier alpha value is -3.68. The van der Waals surface area contributed by atoms with Gasteiger partial charge in [0.05, 0.1) is 44.2 Å². The van der Waals surface area contributed by atoms with Gasteiger partial charge in [0.25, 0.3) is 5.56 Å². The lowest BCUT2D eigenvalue weighted by atomic mass is 9.86. The number of esters is 2. The number of nitrogens with zero attached hydrogens (tertiary/aromatic N) is 2. The molecule has 5 rings (SSSR count). The molecule has 0 bridgehead atoms. The van der Waals surface area contributed by atoms with Crippen molar-refractivity contribution in [2.75, 3.05) is 18.2 Å². The number of carbonyl (C=O) groups is 3. The SMILES string of the molecule is CC[C@@]1(O)C(=O)OCc2c1cc1n(c2=O)Cc2c-1nc1ccccc1c2CC[Si](C)(C)CSC[C@H](NC(=O)OC(C)(C)C)C(=O)OC. The van der Waals surface area contributed by atoms with Crippen molar-refractivity contribution < 1.29 is 33.7 Å². The summed E-state index contributed by atoms with van der Waals surface area (Å²) >= 11 is 1.61. The number of hydrogen-bond donors (Lipinski definition) is 2. The molecule has 2 atom stereocenters. The normalized spacial score (nSPS) is 17.7. The molecular weight excluding hydrogens is 639 g/mol. The Kier molecular flexibility index (Phi) is 9.64. The van der Waals surface area contributed by atoms with Crippen molar-refractivity contribution in [1.29, 1.82) is 0 Å². The minimum absolute atomic E-state index is 0.0835. The first kappa shape index (κ1) is 34.6. The molecule has 2 N–H and O–H groups in total. The molecule has 0 aliphatic carbocycles. The Balaban J connectivity index is 1.38. The van der Waals surface area contributed by atoms with Gasteiger partial charge in [-0.2, -0.15) is 11.8 Å². The number of pyridine rings is 2. The summed E-state index contributed by atoms with van der Waals surface area (Å²) in [6.45, 7) is 11.7. The fraction of sp³-hybridized carbons (Fsp3) is 0.500. The molecule has 0 saturated heterocycles. The van der Waals surface area contributed by atoms with Crippen LogP contribution in [-0.2, 0) is 49.0 Å². The van der Waals surface area contributed by atoms with Crippen molar-refractivity contribution >= 4 is 48.8 Å². The highest BCUT2D eigenvalue weighted by atomic mass is 32.2. The number of alkyl carbamates (subject to hydrolysis) is 1. The van der Waals surface area contributed by atoms with Gasteiger partial charge in [-0.3, -0.25) is 4.79 Å². The van der Waals surface area contributed by atoms with Gasteiger partial charge in [0, 0.05) is 22.3 Å². The number of aryl methyl sites for hydroxylation is 1. The minimum Gasteiger partial charge on any atom is -0.467 e. The summed E-state index contributed by atoms with van der Waals surface area (Å²) in [5.74, 6) is -0.910. The predicted octanol–water partition coefficient (Wildman–Crippen LogP) is 4.67. The summed E-state index contributed by atoms with van der Waals surface area (Å²) in [4.78, 5) is 56.1. The van der Waals surface area contributed by atoms with E-state index in [1.54, 1.807) is 50.1 Å². The number of para-hydroxylation sites is 1. The van der Waals surface area contributed by atoms with Crippen LogP contribution in [0.1, 0.15) is 56.4 Å². The lowest BCUT2D eigenvalue weighted by molar-refractivity contribution is -0.172. The maximum absolute atomic E-state index is 13.8. The van der Waals surface area contributed by atoms with Crippen LogP contribution in [0.5, 0.6) is 0 Å². The second-order valence-corrected chi connectivity index (χ2v) is 20.7. The molecule has 2 aromatic heterocycles. The molecule has 0 radical (unpaired) electrons. The number of methoxy groups -OCH3 is 1. The van der Waals surface area contributed by atoms with Gasteiger partial charge in [-0.1, -0.05) is 44.3 Å². The number of aromatic nitrogens is 2. The van der Waals surface area contributed by atoms with Crippen LogP contribution in [0.4, 0.5) is 4.79 Å². The van der Waals surface area contributed by atoms with E-state index in [4.69, 9.17) is 19.2 Å². The zero-order chi connectivity index (χ0) is 34.3. The maximum atomic E-state index is 13.8. The fourth-order valence-corrected chi connectivity index (χ4v) is 10.8. The second kappa shape index (κ2) is 13.1. The van der Waals surface area contributed by atoms with Gasteiger partial charge in [-0.15, -0.1) is 0 Å². The maximum Gasteiger partial charge on any atom is 0.408 e. The van der Waals surface area contributed by atoms with Gasteiger partial charge in [0.15, 0.2) is 5.60 Å². The summed E-state index contributed by atoms with van der Waals surface area (Å²) in [6, 6.07) is 9.79. The third kappa shape index (κ3) is 6.97. The third-order valence-corrected chi connectivity index (χ3v) is 14.8. The molecule has 13 heteroatoms. The third-order valence-electron chi connectivity index (χ3n) is 8.72. The van der Waals surface area contributed by atoms with Crippen molar-refractivity contribution in [2.24, 2.45) is 0 Å². The number of hydrogen-bond acceptors (Lipinski definition) is 10. The van der Waals surface area contributed by atoms with Crippen LogP contribution in [0.3, 0.4) is 0 Å². The van der Waals surface area contributed by atoms with Crippen LogP contribution in [0.15, 0.2) is 35.1 Å². The number of cyclic esters (lactones) is 1. The monoisotopic (exact) mass is 681 g/mol. The van der Waals surface area contributed by atoms with Gasteiger partial charge in [0.2, 0.25) is 0 Å². The number of thioether (sulfide) groups is 1. The highest BCUT2D eigenvalue weighted by Crippen LogP contribution is 2.41. The van der Waals surface area contributed by atoms with Gasteiger partial charge in [-0.25, -0.2) is 19.4 Å². The summed E-state index contributed by atoms with van der Waals surface area (Å²) in [5, 5.41) is 15.8. The van der Waals surface area contributed by atoms with E-state index in [9.17, 15) is 24.3 Å². The zero-order valence-electron chi connectivity index (χ0n) is 28.0. The largest absolute Gasteiger partial charge is 0.467 e. The summed E-state index contributed by atoms with van der Waals surface area (Å²) in [5.41, 5.74) is 1.95. The summed E-state index contributed by atoms with van der Waals surface area (Å²) < 4.78 is 17.2. The molecule has 4 heterocycles. The van der Waals surface area contributed by atoms with Gasteiger partial charge in [0.1, 0.15) is 18.2 Å². The van der Waals surface area contributed by atoms with Gasteiger partial charge in [-0.05, 0) is 56.7 Å². The fourth-order valence-electron chi connectivity index (χ4n) is 6.15. The van der Waals surface area contributed by atoms with Crippen LogP contribution in [0.2, 0.25) is 19.1 Å². The molecular formula is C34H43N3O8SSi.